The largest absolute Gasteiger partial charge is 0.496 e. The fourth-order valence-electron chi connectivity index (χ4n) is 2.08. The molecule has 7 nitrogen and oxygen atoms in total. The van der Waals surface area contributed by atoms with Gasteiger partial charge in [0.25, 0.3) is 5.78 Å². The highest BCUT2D eigenvalue weighted by atomic mass is 32.2. The predicted octanol–water partition coefficient (Wildman–Crippen LogP) is 2.06. The van der Waals surface area contributed by atoms with Crippen LogP contribution >= 0.6 is 11.8 Å². The van der Waals surface area contributed by atoms with Crippen molar-refractivity contribution >= 4 is 23.5 Å². The molecular formula is C15H14N4O3S. The lowest BCUT2D eigenvalue weighted by atomic mass is 10.1. The summed E-state index contributed by atoms with van der Waals surface area (Å²) in [7, 11) is 2.97. The van der Waals surface area contributed by atoms with Crippen molar-refractivity contribution in [1.82, 2.24) is 19.6 Å². The number of hydrogen-bond acceptors (Lipinski definition) is 7. The second-order valence-corrected chi connectivity index (χ2v) is 5.44. The van der Waals surface area contributed by atoms with E-state index < -0.39 is 0 Å². The van der Waals surface area contributed by atoms with Gasteiger partial charge in [-0.2, -0.15) is 9.50 Å². The SMILES string of the molecule is COC(=O)CSc1nc2nccc(-c3ccccc3OC)n2n1. The molecule has 0 radical (unpaired) electrons. The smallest absolute Gasteiger partial charge is 0.316 e. The maximum absolute atomic E-state index is 11.2. The number of carbonyl (C=O) groups excluding carboxylic acids is 1. The predicted molar refractivity (Wildman–Crippen MR) is 85.5 cm³/mol. The zero-order chi connectivity index (χ0) is 16.2. The molecule has 3 aromatic rings. The fourth-order valence-corrected chi connectivity index (χ4v) is 2.73. The minimum absolute atomic E-state index is 0.150. The standard InChI is InChI=1S/C15H14N4O3S/c1-21-12-6-4-3-5-10(12)11-7-8-16-14-17-15(18-19(11)14)23-9-13(20)22-2/h3-8H,9H2,1-2H3. The summed E-state index contributed by atoms with van der Waals surface area (Å²) in [6.07, 6.45) is 1.67. The summed E-state index contributed by atoms with van der Waals surface area (Å²) in [5.74, 6) is 1.02. The molecule has 0 saturated heterocycles. The zero-order valence-corrected chi connectivity index (χ0v) is 13.4. The van der Waals surface area contributed by atoms with Crippen LogP contribution < -0.4 is 4.74 Å². The molecule has 0 fully saturated rings. The lowest BCUT2D eigenvalue weighted by Gasteiger charge is -2.08. The first-order valence-electron chi connectivity index (χ1n) is 6.77. The average molecular weight is 330 g/mol. The molecule has 3 rings (SSSR count). The van der Waals surface area contributed by atoms with Crippen molar-refractivity contribution in [2.45, 2.75) is 5.16 Å². The molecule has 0 amide bonds. The minimum atomic E-state index is -0.327. The summed E-state index contributed by atoms with van der Waals surface area (Å²) in [6, 6.07) is 9.49. The van der Waals surface area contributed by atoms with Crippen LogP contribution in [0, 0.1) is 0 Å². The van der Waals surface area contributed by atoms with Gasteiger partial charge in [0.15, 0.2) is 0 Å². The van der Waals surface area contributed by atoms with Crippen molar-refractivity contribution in [2.24, 2.45) is 0 Å². The lowest BCUT2D eigenvalue weighted by Crippen LogP contribution is -2.03. The molecule has 0 spiro atoms. The summed E-state index contributed by atoms with van der Waals surface area (Å²) in [5, 5.41) is 4.88. The first kappa shape index (κ1) is 15.3. The van der Waals surface area contributed by atoms with E-state index in [9.17, 15) is 4.79 Å². The van der Waals surface area contributed by atoms with Crippen LogP contribution in [0.4, 0.5) is 0 Å². The van der Waals surface area contributed by atoms with E-state index in [4.69, 9.17) is 4.74 Å². The Labute approximate surface area is 136 Å². The number of hydrogen-bond donors (Lipinski definition) is 0. The van der Waals surface area contributed by atoms with Crippen molar-refractivity contribution in [3.8, 4) is 17.0 Å². The Bertz CT molecular complexity index is 850. The van der Waals surface area contributed by atoms with Gasteiger partial charge in [-0.3, -0.25) is 4.79 Å². The third-order valence-corrected chi connectivity index (χ3v) is 3.96. The molecule has 1 aromatic carbocycles. The van der Waals surface area contributed by atoms with Gasteiger partial charge in [-0.25, -0.2) is 4.98 Å². The van der Waals surface area contributed by atoms with Crippen LogP contribution in [0.25, 0.3) is 17.0 Å². The monoisotopic (exact) mass is 330 g/mol. The highest BCUT2D eigenvalue weighted by Gasteiger charge is 2.14. The van der Waals surface area contributed by atoms with E-state index in [1.54, 1.807) is 17.8 Å². The van der Waals surface area contributed by atoms with Crippen molar-refractivity contribution in [3.05, 3.63) is 36.5 Å². The van der Waals surface area contributed by atoms with Crippen LogP contribution in [0.5, 0.6) is 5.75 Å². The van der Waals surface area contributed by atoms with Gasteiger partial charge in [-0.15, -0.1) is 5.10 Å². The molecule has 8 heteroatoms. The number of thioether (sulfide) groups is 1. The third kappa shape index (κ3) is 3.11. The summed E-state index contributed by atoms with van der Waals surface area (Å²) in [4.78, 5) is 19.8. The van der Waals surface area contributed by atoms with E-state index in [-0.39, 0.29) is 11.7 Å². The molecule has 23 heavy (non-hydrogen) atoms. The van der Waals surface area contributed by atoms with E-state index in [0.29, 0.717) is 10.9 Å². The van der Waals surface area contributed by atoms with E-state index in [0.717, 1.165) is 17.0 Å². The summed E-state index contributed by atoms with van der Waals surface area (Å²) < 4.78 is 11.7. The van der Waals surface area contributed by atoms with Gasteiger partial charge >= 0.3 is 5.97 Å². The van der Waals surface area contributed by atoms with Crippen LogP contribution in [-0.2, 0) is 9.53 Å². The lowest BCUT2D eigenvalue weighted by molar-refractivity contribution is -0.137. The minimum Gasteiger partial charge on any atom is -0.496 e. The number of methoxy groups -OCH3 is 2. The van der Waals surface area contributed by atoms with E-state index >= 15 is 0 Å². The van der Waals surface area contributed by atoms with Gasteiger partial charge in [0.2, 0.25) is 5.16 Å². The van der Waals surface area contributed by atoms with E-state index in [1.165, 1.54) is 18.9 Å². The molecule has 0 aliphatic rings. The number of aromatic nitrogens is 4. The van der Waals surface area contributed by atoms with Crippen molar-refractivity contribution in [3.63, 3.8) is 0 Å². The summed E-state index contributed by atoms with van der Waals surface area (Å²) >= 11 is 1.20. The Balaban J connectivity index is 2.01. The number of nitrogens with zero attached hydrogens (tertiary/aromatic N) is 4. The highest BCUT2D eigenvalue weighted by Crippen LogP contribution is 2.29. The molecule has 0 aliphatic carbocycles. The number of rotatable bonds is 5. The molecule has 2 aromatic heterocycles. The van der Waals surface area contributed by atoms with Gasteiger partial charge in [0.05, 0.1) is 25.7 Å². The van der Waals surface area contributed by atoms with Gasteiger partial charge in [0, 0.05) is 11.8 Å². The normalized spacial score (nSPS) is 10.7. The van der Waals surface area contributed by atoms with Crippen molar-refractivity contribution in [2.75, 3.05) is 20.0 Å². The number of para-hydroxylation sites is 1. The first-order valence-corrected chi connectivity index (χ1v) is 7.76. The molecular weight excluding hydrogens is 316 g/mol. The van der Waals surface area contributed by atoms with Crippen LogP contribution in [0.1, 0.15) is 0 Å². The quantitative estimate of drug-likeness (QED) is 0.523. The average Bonchev–Trinajstić information content (AvgIpc) is 3.02. The van der Waals surface area contributed by atoms with Crippen LogP contribution in [-0.4, -0.2) is 45.5 Å². The number of ether oxygens (including phenoxy) is 2. The molecule has 0 unspecified atom stereocenters. The fraction of sp³-hybridized carbons (Fsp3) is 0.200. The topological polar surface area (TPSA) is 78.6 Å². The zero-order valence-electron chi connectivity index (χ0n) is 12.6. The summed E-state index contributed by atoms with van der Waals surface area (Å²) in [5.41, 5.74) is 1.70. The number of esters is 1. The van der Waals surface area contributed by atoms with Gasteiger partial charge in [-0.1, -0.05) is 23.9 Å². The van der Waals surface area contributed by atoms with Crippen LogP contribution in [0.3, 0.4) is 0 Å². The molecule has 0 bridgehead atoms. The van der Waals surface area contributed by atoms with Crippen molar-refractivity contribution < 1.29 is 14.3 Å². The molecule has 0 N–H and O–H groups in total. The Morgan fingerprint density at radius 2 is 2.09 bits per heavy atom. The van der Waals surface area contributed by atoms with Gasteiger partial charge in [0.1, 0.15) is 5.75 Å². The van der Waals surface area contributed by atoms with Gasteiger partial charge < -0.3 is 9.47 Å². The van der Waals surface area contributed by atoms with E-state index in [1.807, 2.05) is 30.3 Å². The van der Waals surface area contributed by atoms with Crippen LogP contribution in [0.2, 0.25) is 0 Å². The Morgan fingerprint density at radius 1 is 1.26 bits per heavy atom. The highest BCUT2D eigenvalue weighted by molar-refractivity contribution is 7.99. The maximum atomic E-state index is 11.2. The summed E-state index contributed by atoms with van der Waals surface area (Å²) in [6.45, 7) is 0. The Hall–Kier alpha value is -2.61. The molecule has 2 heterocycles. The van der Waals surface area contributed by atoms with E-state index in [2.05, 4.69) is 19.8 Å². The number of carbonyl (C=O) groups is 1. The Morgan fingerprint density at radius 3 is 2.87 bits per heavy atom. The number of fused-ring (bicyclic) bond motifs is 1. The maximum Gasteiger partial charge on any atom is 0.316 e. The second kappa shape index (κ2) is 6.66. The molecule has 0 saturated carbocycles. The number of benzene rings is 1. The third-order valence-electron chi connectivity index (χ3n) is 3.15. The molecule has 118 valence electrons. The first-order chi connectivity index (χ1) is 11.2. The van der Waals surface area contributed by atoms with Crippen molar-refractivity contribution in [1.29, 1.82) is 0 Å². The Kier molecular flexibility index (Phi) is 4.42. The van der Waals surface area contributed by atoms with Gasteiger partial charge in [-0.05, 0) is 18.2 Å². The van der Waals surface area contributed by atoms with Crippen LogP contribution in [0.15, 0.2) is 41.7 Å². The molecule has 0 aliphatic heterocycles. The molecule has 0 atom stereocenters. The second-order valence-electron chi connectivity index (χ2n) is 4.50.